The predicted octanol–water partition coefficient (Wildman–Crippen LogP) is 3.20. The molecule has 0 radical (unpaired) electrons. The number of imidazole rings is 1. The van der Waals surface area contributed by atoms with E-state index in [1.165, 1.54) is 31.2 Å². The fourth-order valence-electron chi connectivity index (χ4n) is 3.18. The summed E-state index contributed by atoms with van der Waals surface area (Å²) < 4.78 is 2.25. The average molecular weight is 257 g/mol. The Morgan fingerprint density at radius 3 is 3.00 bits per heavy atom. The van der Waals surface area contributed by atoms with Crippen molar-refractivity contribution < 1.29 is 0 Å². The lowest BCUT2D eigenvalue weighted by atomic mass is 9.86. The highest BCUT2D eigenvalue weighted by molar-refractivity contribution is 5.74. The van der Waals surface area contributed by atoms with E-state index < -0.39 is 0 Å². The number of nitrogens with one attached hydrogen (secondary N) is 1. The molecule has 1 aliphatic carbocycles. The molecule has 1 aromatic heterocycles. The van der Waals surface area contributed by atoms with Crippen LogP contribution in [0.25, 0.3) is 11.0 Å². The molecule has 19 heavy (non-hydrogen) atoms. The first-order chi connectivity index (χ1) is 9.34. The van der Waals surface area contributed by atoms with E-state index in [0.717, 1.165) is 24.5 Å². The Hall–Kier alpha value is -1.35. The molecular formula is C16H23N3. The first-order valence-corrected chi connectivity index (χ1v) is 7.48. The maximum atomic E-state index is 4.43. The quantitative estimate of drug-likeness (QED) is 0.911. The van der Waals surface area contributed by atoms with Gasteiger partial charge in [-0.05, 0) is 30.9 Å². The molecule has 1 N–H and O–H groups in total. The smallest absolute Gasteiger partial charge is 0.0958 e. The van der Waals surface area contributed by atoms with Crippen molar-refractivity contribution in [3.8, 4) is 0 Å². The number of para-hydroxylation sites is 2. The van der Waals surface area contributed by atoms with E-state index in [9.17, 15) is 0 Å². The Balaban J connectivity index is 1.57. The van der Waals surface area contributed by atoms with Gasteiger partial charge in [-0.3, -0.25) is 0 Å². The molecule has 1 heterocycles. The predicted molar refractivity (Wildman–Crippen MR) is 79.2 cm³/mol. The van der Waals surface area contributed by atoms with Gasteiger partial charge < -0.3 is 9.88 Å². The third-order valence-electron chi connectivity index (χ3n) is 4.40. The van der Waals surface area contributed by atoms with Crippen LogP contribution in [0, 0.1) is 5.92 Å². The third-order valence-corrected chi connectivity index (χ3v) is 4.40. The van der Waals surface area contributed by atoms with E-state index in [2.05, 4.69) is 40.0 Å². The van der Waals surface area contributed by atoms with Crippen LogP contribution in [0.4, 0.5) is 0 Å². The molecule has 0 aliphatic heterocycles. The topological polar surface area (TPSA) is 29.9 Å². The maximum Gasteiger partial charge on any atom is 0.0958 e. The molecular weight excluding hydrogens is 234 g/mol. The second-order valence-corrected chi connectivity index (χ2v) is 5.75. The van der Waals surface area contributed by atoms with E-state index in [-0.39, 0.29) is 0 Å². The molecule has 0 amide bonds. The van der Waals surface area contributed by atoms with Crippen molar-refractivity contribution in [1.29, 1.82) is 0 Å². The first kappa shape index (κ1) is 12.7. The molecule has 0 spiro atoms. The van der Waals surface area contributed by atoms with Gasteiger partial charge in [-0.2, -0.15) is 0 Å². The Morgan fingerprint density at radius 1 is 1.26 bits per heavy atom. The van der Waals surface area contributed by atoms with Crippen molar-refractivity contribution in [2.75, 3.05) is 6.54 Å². The molecule has 1 saturated carbocycles. The molecule has 1 aliphatic rings. The van der Waals surface area contributed by atoms with Gasteiger partial charge in [-0.25, -0.2) is 4.98 Å². The van der Waals surface area contributed by atoms with Crippen LogP contribution in [-0.2, 0) is 6.54 Å². The van der Waals surface area contributed by atoms with E-state index in [0.29, 0.717) is 6.04 Å². The van der Waals surface area contributed by atoms with E-state index in [1.807, 2.05) is 12.4 Å². The second kappa shape index (κ2) is 5.74. The molecule has 1 fully saturated rings. The Bertz CT molecular complexity index is 532. The highest BCUT2D eigenvalue weighted by Gasteiger charge is 2.20. The van der Waals surface area contributed by atoms with Crippen molar-refractivity contribution in [2.24, 2.45) is 5.92 Å². The van der Waals surface area contributed by atoms with Gasteiger partial charge in [0.05, 0.1) is 17.4 Å². The summed E-state index contributed by atoms with van der Waals surface area (Å²) >= 11 is 0. The van der Waals surface area contributed by atoms with Crippen LogP contribution in [-0.4, -0.2) is 22.1 Å². The van der Waals surface area contributed by atoms with Gasteiger partial charge >= 0.3 is 0 Å². The van der Waals surface area contributed by atoms with Gasteiger partial charge in [0.25, 0.3) is 0 Å². The Morgan fingerprint density at radius 2 is 2.11 bits per heavy atom. The number of hydrogen-bond acceptors (Lipinski definition) is 2. The van der Waals surface area contributed by atoms with Crippen molar-refractivity contribution in [1.82, 2.24) is 14.9 Å². The molecule has 0 bridgehead atoms. The SMILES string of the molecule is CC1CCCCC1NCCn1cnc2ccccc21. The molecule has 3 nitrogen and oxygen atoms in total. The van der Waals surface area contributed by atoms with Gasteiger partial charge in [0.15, 0.2) is 0 Å². The van der Waals surface area contributed by atoms with E-state index in [1.54, 1.807) is 0 Å². The summed E-state index contributed by atoms with van der Waals surface area (Å²) in [6.07, 6.45) is 7.47. The Labute approximate surface area is 115 Å². The van der Waals surface area contributed by atoms with E-state index >= 15 is 0 Å². The fraction of sp³-hybridized carbons (Fsp3) is 0.562. The third kappa shape index (κ3) is 2.81. The normalized spacial score (nSPS) is 23.8. The fourth-order valence-corrected chi connectivity index (χ4v) is 3.18. The highest BCUT2D eigenvalue weighted by atomic mass is 15.1. The molecule has 3 heteroatoms. The first-order valence-electron chi connectivity index (χ1n) is 7.48. The minimum Gasteiger partial charge on any atom is -0.329 e. The Kier molecular flexibility index (Phi) is 3.83. The lowest BCUT2D eigenvalue weighted by Gasteiger charge is -2.29. The van der Waals surface area contributed by atoms with Crippen molar-refractivity contribution in [3.05, 3.63) is 30.6 Å². The molecule has 1 aromatic carbocycles. The van der Waals surface area contributed by atoms with Gasteiger partial charge in [0, 0.05) is 19.1 Å². The largest absolute Gasteiger partial charge is 0.329 e. The van der Waals surface area contributed by atoms with Crippen LogP contribution in [0.15, 0.2) is 30.6 Å². The zero-order valence-electron chi connectivity index (χ0n) is 11.7. The highest BCUT2D eigenvalue weighted by Crippen LogP contribution is 2.23. The second-order valence-electron chi connectivity index (χ2n) is 5.75. The number of aromatic nitrogens is 2. The minimum absolute atomic E-state index is 0.712. The van der Waals surface area contributed by atoms with Crippen LogP contribution in [0.2, 0.25) is 0 Å². The number of benzene rings is 1. The van der Waals surface area contributed by atoms with Crippen molar-refractivity contribution in [2.45, 2.75) is 45.2 Å². The molecule has 0 saturated heterocycles. The number of nitrogens with zero attached hydrogens (tertiary/aromatic N) is 2. The summed E-state index contributed by atoms with van der Waals surface area (Å²) in [5, 5.41) is 3.73. The van der Waals surface area contributed by atoms with Crippen molar-refractivity contribution in [3.63, 3.8) is 0 Å². The summed E-state index contributed by atoms with van der Waals surface area (Å²) in [4.78, 5) is 4.43. The van der Waals surface area contributed by atoms with Gasteiger partial charge in [0.2, 0.25) is 0 Å². The molecule has 2 atom stereocenters. The molecule has 102 valence electrons. The summed E-state index contributed by atoms with van der Waals surface area (Å²) in [6, 6.07) is 9.05. The summed E-state index contributed by atoms with van der Waals surface area (Å²) in [5.41, 5.74) is 2.33. The number of fused-ring (bicyclic) bond motifs is 1. The van der Waals surface area contributed by atoms with Gasteiger partial charge in [-0.15, -0.1) is 0 Å². The van der Waals surface area contributed by atoms with Gasteiger partial charge in [-0.1, -0.05) is 31.9 Å². The summed E-state index contributed by atoms with van der Waals surface area (Å²) in [6.45, 7) is 4.42. The van der Waals surface area contributed by atoms with Crippen LogP contribution in [0.1, 0.15) is 32.6 Å². The zero-order valence-corrected chi connectivity index (χ0v) is 11.7. The van der Waals surface area contributed by atoms with Crippen LogP contribution < -0.4 is 5.32 Å². The van der Waals surface area contributed by atoms with Gasteiger partial charge in [0.1, 0.15) is 0 Å². The van der Waals surface area contributed by atoms with Crippen LogP contribution >= 0.6 is 0 Å². The van der Waals surface area contributed by atoms with Crippen LogP contribution in [0.5, 0.6) is 0 Å². The lowest BCUT2D eigenvalue weighted by Crippen LogP contribution is -2.38. The average Bonchev–Trinajstić information content (AvgIpc) is 2.85. The van der Waals surface area contributed by atoms with Crippen molar-refractivity contribution >= 4 is 11.0 Å². The zero-order chi connectivity index (χ0) is 13.1. The summed E-state index contributed by atoms with van der Waals surface area (Å²) in [5.74, 6) is 0.827. The minimum atomic E-state index is 0.712. The standard InChI is InChI=1S/C16H23N3/c1-13-6-2-3-7-14(13)17-10-11-19-12-18-15-8-4-5-9-16(15)19/h4-5,8-9,12-14,17H,2-3,6-7,10-11H2,1H3. The number of hydrogen-bond donors (Lipinski definition) is 1. The van der Waals surface area contributed by atoms with E-state index in [4.69, 9.17) is 0 Å². The summed E-state index contributed by atoms with van der Waals surface area (Å²) in [7, 11) is 0. The van der Waals surface area contributed by atoms with Crippen LogP contribution in [0.3, 0.4) is 0 Å². The maximum absolute atomic E-state index is 4.43. The molecule has 2 aromatic rings. The lowest BCUT2D eigenvalue weighted by molar-refractivity contribution is 0.279. The monoisotopic (exact) mass is 257 g/mol. The molecule has 3 rings (SSSR count). The molecule has 2 unspecified atom stereocenters. The number of rotatable bonds is 4.